The number of pyridine rings is 2. The van der Waals surface area contributed by atoms with Crippen LogP contribution in [0.15, 0.2) is 54.7 Å². The number of carboxylic acid groups (broad SMARTS) is 1. The average molecular weight is 475 g/mol. The van der Waals surface area contributed by atoms with Gasteiger partial charge in [-0.15, -0.1) is 0 Å². The van der Waals surface area contributed by atoms with Crippen LogP contribution in [-0.2, 0) is 12.8 Å². The maximum atomic E-state index is 14.3. The SMILES string of the molecule is CCc1nc2cc(NCCc3ccc(OC)cc3)ncc2cc1-c1cc(NC(=O)O)c(F)cc1C. The van der Waals surface area contributed by atoms with Gasteiger partial charge in [-0.25, -0.2) is 14.2 Å². The Hall–Kier alpha value is -4.20. The normalized spacial score (nSPS) is 10.9. The van der Waals surface area contributed by atoms with Gasteiger partial charge in [-0.05, 0) is 66.8 Å². The molecule has 180 valence electrons. The number of benzene rings is 2. The van der Waals surface area contributed by atoms with Crippen LogP contribution in [0.25, 0.3) is 22.0 Å². The molecule has 0 spiro atoms. The summed E-state index contributed by atoms with van der Waals surface area (Å²) in [4.78, 5) is 20.4. The molecule has 0 fully saturated rings. The molecule has 0 bridgehead atoms. The van der Waals surface area contributed by atoms with Crippen molar-refractivity contribution in [3.63, 3.8) is 0 Å². The molecule has 0 radical (unpaired) electrons. The lowest BCUT2D eigenvalue weighted by atomic mass is 9.96. The molecule has 4 rings (SSSR count). The number of aromatic nitrogens is 2. The number of rotatable bonds is 8. The summed E-state index contributed by atoms with van der Waals surface area (Å²) in [6, 6.07) is 14.7. The van der Waals surface area contributed by atoms with Crippen LogP contribution in [-0.4, -0.2) is 34.8 Å². The van der Waals surface area contributed by atoms with E-state index in [0.717, 1.165) is 52.3 Å². The molecular weight excluding hydrogens is 447 g/mol. The first-order valence-electron chi connectivity index (χ1n) is 11.3. The van der Waals surface area contributed by atoms with E-state index < -0.39 is 11.9 Å². The molecule has 7 nitrogen and oxygen atoms in total. The Bertz CT molecular complexity index is 1370. The third-order valence-corrected chi connectivity index (χ3v) is 5.84. The van der Waals surface area contributed by atoms with E-state index in [0.29, 0.717) is 12.0 Å². The Kier molecular flexibility index (Phi) is 7.10. The molecule has 3 N–H and O–H groups in total. The molecule has 1 amide bonds. The van der Waals surface area contributed by atoms with Crippen LogP contribution in [0.4, 0.5) is 20.7 Å². The zero-order valence-electron chi connectivity index (χ0n) is 19.9. The van der Waals surface area contributed by atoms with Gasteiger partial charge in [0.15, 0.2) is 0 Å². The van der Waals surface area contributed by atoms with Crippen molar-refractivity contribution in [1.29, 1.82) is 0 Å². The predicted octanol–water partition coefficient (Wildman–Crippen LogP) is 6.06. The number of methoxy groups -OCH3 is 1. The smallest absolute Gasteiger partial charge is 0.409 e. The quantitative estimate of drug-likeness (QED) is 0.287. The van der Waals surface area contributed by atoms with E-state index in [-0.39, 0.29) is 5.69 Å². The van der Waals surface area contributed by atoms with Crippen LogP contribution in [0.2, 0.25) is 0 Å². The van der Waals surface area contributed by atoms with Gasteiger partial charge < -0.3 is 15.2 Å². The van der Waals surface area contributed by atoms with Gasteiger partial charge in [-0.1, -0.05) is 19.1 Å². The van der Waals surface area contributed by atoms with Crippen molar-refractivity contribution < 1.29 is 19.0 Å². The third kappa shape index (κ3) is 5.48. The van der Waals surface area contributed by atoms with Gasteiger partial charge >= 0.3 is 6.09 Å². The van der Waals surface area contributed by atoms with Gasteiger partial charge in [0, 0.05) is 35.5 Å². The molecule has 4 aromatic rings. The van der Waals surface area contributed by atoms with Crippen LogP contribution in [0.3, 0.4) is 0 Å². The van der Waals surface area contributed by atoms with Crippen LogP contribution >= 0.6 is 0 Å². The Morgan fingerprint density at radius 1 is 1.11 bits per heavy atom. The second-order valence-electron chi connectivity index (χ2n) is 8.20. The van der Waals surface area contributed by atoms with E-state index in [2.05, 4.69) is 15.6 Å². The second-order valence-corrected chi connectivity index (χ2v) is 8.20. The van der Waals surface area contributed by atoms with Crippen LogP contribution in [0, 0.1) is 12.7 Å². The summed E-state index contributed by atoms with van der Waals surface area (Å²) in [6.07, 6.45) is 1.94. The lowest BCUT2D eigenvalue weighted by Crippen LogP contribution is -2.09. The van der Waals surface area contributed by atoms with Crippen molar-refractivity contribution in [2.75, 3.05) is 24.3 Å². The molecule has 0 atom stereocenters. The summed E-state index contributed by atoms with van der Waals surface area (Å²) in [7, 11) is 1.65. The topological polar surface area (TPSA) is 96.4 Å². The van der Waals surface area contributed by atoms with Gasteiger partial charge in [0.05, 0.1) is 18.3 Å². The predicted molar refractivity (Wildman–Crippen MR) is 136 cm³/mol. The minimum Gasteiger partial charge on any atom is -0.497 e. The molecule has 8 heteroatoms. The van der Waals surface area contributed by atoms with E-state index in [9.17, 15) is 9.18 Å². The molecular formula is C27H27FN4O3. The van der Waals surface area contributed by atoms with E-state index in [1.54, 1.807) is 20.2 Å². The fraction of sp³-hybridized carbons (Fsp3) is 0.222. The molecule has 0 aliphatic heterocycles. The van der Waals surface area contributed by atoms with Gasteiger partial charge in [-0.2, -0.15) is 0 Å². The van der Waals surface area contributed by atoms with E-state index >= 15 is 0 Å². The maximum Gasteiger partial charge on any atom is 0.409 e. The zero-order chi connectivity index (χ0) is 24.9. The fourth-order valence-corrected chi connectivity index (χ4v) is 4.01. The molecule has 2 heterocycles. The van der Waals surface area contributed by atoms with Gasteiger partial charge in [0.1, 0.15) is 17.4 Å². The number of hydrogen-bond donors (Lipinski definition) is 3. The summed E-state index contributed by atoms with van der Waals surface area (Å²) < 4.78 is 19.5. The highest BCUT2D eigenvalue weighted by atomic mass is 19.1. The number of ether oxygens (including phenoxy) is 1. The monoisotopic (exact) mass is 474 g/mol. The molecule has 35 heavy (non-hydrogen) atoms. The Balaban J connectivity index is 1.59. The molecule has 2 aromatic heterocycles. The zero-order valence-corrected chi connectivity index (χ0v) is 19.9. The first kappa shape index (κ1) is 23.9. The lowest BCUT2D eigenvalue weighted by molar-refractivity contribution is 0.209. The second kappa shape index (κ2) is 10.4. The minimum absolute atomic E-state index is 0.0882. The number of carbonyl (C=O) groups is 1. The number of amides is 1. The Labute approximate surface area is 203 Å². The van der Waals surface area contributed by atoms with Crippen molar-refractivity contribution in [2.24, 2.45) is 0 Å². The van der Waals surface area contributed by atoms with Crippen molar-refractivity contribution in [2.45, 2.75) is 26.7 Å². The van der Waals surface area contributed by atoms with Crippen LogP contribution < -0.4 is 15.4 Å². The summed E-state index contributed by atoms with van der Waals surface area (Å²) in [5.74, 6) is 0.951. The number of nitrogens with zero attached hydrogens (tertiary/aromatic N) is 2. The molecule has 2 aromatic carbocycles. The highest BCUT2D eigenvalue weighted by Crippen LogP contribution is 2.33. The molecule has 0 saturated carbocycles. The number of hydrogen-bond acceptors (Lipinski definition) is 5. The summed E-state index contributed by atoms with van der Waals surface area (Å²) in [6.45, 7) is 4.51. The first-order chi connectivity index (χ1) is 16.9. The van der Waals surface area contributed by atoms with Crippen molar-refractivity contribution >= 4 is 28.5 Å². The molecule has 0 unspecified atom stereocenters. The van der Waals surface area contributed by atoms with Crippen molar-refractivity contribution in [3.05, 3.63) is 77.4 Å². The van der Waals surface area contributed by atoms with E-state index in [1.165, 1.54) is 17.7 Å². The third-order valence-electron chi connectivity index (χ3n) is 5.84. The number of nitrogens with one attached hydrogen (secondary N) is 2. The minimum atomic E-state index is -1.32. The summed E-state index contributed by atoms with van der Waals surface area (Å²) >= 11 is 0. The highest BCUT2D eigenvalue weighted by molar-refractivity contribution is 5.89. The highest BCUT2D eigenvalue weighted by Gasteiger charge is 2.15. The van der Waals surface area contributed by atoms with Crippen LogP contribution in [0.1, 0.15) is 23.7 Å². The number of anilines is 2. The van der Waals surface area contributed by atoms with E-state index in [4.69, 9.17) is 14.8 Å². The lowest BCUT2D eigenvalue weighted by Gasteiger charge is -2.15. The van der Waals surface area contributed by atoms with Crippen molar-refractivity contribution in [3.8, 4) is 16.9 Å². The fourth-order valence-electron chi connectivity index (χ4n) is 4.01. The van der Waals surface area contributed by atoms with Gasteiger partial charge in [0.2, 0.25) is 0 Å². The number of aryl methyl sites for hydroxylation is 2. The Morgan fingerprint density at radius 3 is 2.57 bits per heavy atom. The maximum absolute atomic E-state index is 14.3. The molecule has 0 aliphatic rings. The van der Waals surface area contributed by atoms with Crippen molar-refractivity contribution in [1.82, 2.24) is 9.97 Å². The summed E-state index contributed by atoms with van der Waals surface area (Å²) in [5, 5.41) is 15.3. The Morgan fingerprint density at radius 2 is 1.89 bits per heavy atom. The molecule has 0 saturated heterocycles. The largest absolute Gasteiger partial charge is 0.497 e. The average Bonchev–Trinajstić information content (AvgIpc) is 2.85. The van der Waals surface area contributed by atoms with Gasteiger partial charge in [0.25, 0.3) is 0 Å². The number of fused-ring (bicyclic) bond motifs is 1. The van der Waals surface area contributed by atoms with E-state index in [1.807, 2.05) is 43.3 Å². The van der Waals surface area contributed by atoms with Gasteiger partial charge in [-0.3, -0.25) is 10.3 Å². The standard InChI is InChI=1S/C27H27FN4O3/c1-4-23-21(20-13-25(32-27(33)34)22(28)11-16(20)2)12-18-15-30-26(14-24(18)31-23)29-10-9-17-5-7-19(35-3)8-6-17/h5-8,11-15,32H,4,9-10H2,1-3H3,(H,29,30)(H,33,34). The van der Waals surface area contributed by atoms with Crippen LogP contribution in [0.5, 0.6) is 5.75 Å². The summed E-state index contributed by atoms with van der Waals surface area (Å²) in [5.41, 5.74) is 4.99. The first-order valence-corrected chi connectivity index (χ1v) is 11.3. The molecule has 0 aliphatic carbocycles. The number of halogens is 1.